The van der Waals surface area contributed by atoms with Crippen molar-refractivity contribution in [2.75, 3.05) is 33.0 Å². The van der Waals surface area contributed by atoms with E-state index in [2.05, 4.69) is 24.4 Å². The van der Waals surface area contributed by atoms with E-state index in [1.165, 1.54) is 47.8 Å². The number of rotatable bonds is 15. The first-order valence-corrected chi connectivity index (χ1v) is 27.3. The molecule has 9 rings (SSSR count). The van der Waals surface area contributed by atoms with Gasteiger partial charge in [0, 0.05) is 28.1 Å². The third-order valence-electron chi connectivity index (χ3n) is 10.7. The van der Waals surface area contributed by atoms with Crippen LogP contribution in [-0.4, -0.2) is 107 Å². The van der Waals surface area contributed by atoms with Crippen LogP contribution in [0.15, 0.2) is 159 Å². The molecule has 2 fully saturated rings. The Labute approximate surface area is 500 Å². The molecule has 0 spiro atoms. The molecule has 0 aliphatic carbocycles. The van der Waals surface area contributed by atoms with E-state index in [9.17, 15) is 28.8 Å². The number of carboxylic acid groups (broad SMARTS) is 3. The van der Waals surface area contributed by atoms with Crippen molar-refractivity contribution < 1.29 is 67.1 Å². The summed E-state index contributed by atoms with van der Waals surface area (Å²) in [5.74, 6) is 1.46. The minimum atomic E-state index is -0.983. The van der Waals surface area contributed by atoms with Gasteiger partial charge in [0.15, 0.2) is 12.0 Å². The van der Waals surface area contributed by atoms with Crippen molar-refractivity contribution in [2.45, 2.75) is 19.6 Å². The van der Waals surface area contributed by atoms with E-state index in [4.69, 9.17) is 80.1 Å². The molecule has 24 heteroatoms. The number of thioether (sulfide) groups is 2. The number of halogens is 1. The number of nitrogens with two attached hydrogens (primary N) is 1. The maximum absolute atomic E-state index is 12.9. The van der Waals surface area contributed by atoms with Crippen molar-refractivity contribution in [1.82, 2.24) is 9.80 Å². The van der Waals surface area contributed by atoms with E-state index in [1.54, 1.807) is 85.7 Å². The molecular formula is C57H50ClN3O14S6. The molecule has 81 heavy (non-hydrogen) atoms. The molecule has 5 aromatic carbocycles. The molecule has 4 heterocycles. The number of aldehydes is 1. The van der Waals surface area contributed by atoms with E-state index >= 15 is 0 Å². The molecule has 0 radical (unpaired) electrons. The summed E-state index contributed by atoms with van der Waals surface area (Å²) in [6.45, 7) is 1.52. The summed E-state index contributed by atoms with van der Waals surface area (Å²) in [5, 5.41) is 25.3. The van der Waals surface area contributed by atoms with Crippen molar-refractivity contribution in [3.8, 4) is 39.9 Å². The normalized spacial score (nSPS) is 12.5. The number of ether oxygens (including phenoxy) is 3. The Morgan fingerprint density at radius 2 is 1.02 bits per heavy atom. The van der Waals surface area contributed by atoms with Crippen LogP contribution < -0.4 is 19.9 Å². The average molecular weight is 1230 g/mol. The summed E-state index contributed by atoms with van der Waals surface area (Å²) < 4.78 is 29.3. The zero-order valence-corrected chi connectivity index (χ0v) is 48.8. The number of hydrogen-bond acceptors (Lipinski definition) is 18. The van der Waals surface area contributed by atoms with Gasteiger partial charge < -0.3 is 44.1 Å². The van der Waals surface area contributed by atoms with Crippen LogP contribution in [-0.2, 0) is 34.0 Å². The van der Waals surface area contributed by atoms with Gasteiger partial charge in [-0.25, -0.2) is 9.59 Å². The van der Waals surface area contributed by atoms with Crippen molar-refractivity contribution in [3.05, 3.63) is 190 Å². The maximum Gasteiger partial charge on any atom is 0.335 e. The summed E-state index contributed by atoms with van der Waals surface area (Å²) >= 11 is 25.8. The number of aliphatic carboxylic acids is 1. The molecule has 2 aliphatic heterocycles. The average Bonchev–Trinajstić information content (AvgIpc) is 4.42. The first-order chi connectivity index (χ1) is 38.9. The van der Waals surface area contributed by atoms with Crippen LogP contribution in [0, 0.1) is 0 Å². The summed E-state index contributed by atoms with van der Waals surface area (Å²) in [4.78, 5) is 69.3. The number of alkyl halides is 1. The molecule has 17 nitrogen and oxygen atoms in total. The fourth-order valence-electron chi connectivity index (χ4n) is 6.60. The molecular weight excluding hydrogens is 1180 g/mol. The predicted octanol–water partition coefficient (Wildman–Crippen LogP) is 12.0. The molecule has 2 aliphatic rings. The minimum Gasteiger partial charge on any atom is -0.497 e. The van der Waals surface area contributed by atoms with Crippen molar-refractivity contribution in [2.24, 2.45) is 5.73 Å². The number of carbonyl (C=O) groups excluding carboxylic acids is 3. The van der Waals surface area contributed by atoms with Gasteiger partial charge in [-0.2, -0.15) is 0 Å². The Bertz CT molecular complexity index is 3290. The summed E-state index contributed by atoms with van der Waals surface area (Å²) in [5.41, 5.74) is 10.4. The van der Waals surface area contributed by atoms with Gasteiger partial charge in [-0.3, -0.25) is 29.0 Å². The van der Waals surface area contributed by atoms with Crippen LogP contribution in [0.25, 0.3) is 28.7 Å². The molecule has 2 aromatic heterocycles. The number of nitrogens with zero attached hydrogens (tertiary/aromatic N) is 2. The number of methoxy groups -OCH3 is 3. The number of carboxylic acids is 3. The third kappa shape index (κ3) is 21.3. The lowest BCUT2D eigenvalue weighted by Gasteiger charge is -2.14. The number of amides is 2. The van der Waals surface area contributed by atoms with Crippen molar-refractivity contribution >= 4 is 139 Å². The molecule has 2 saturated heterocycles. The molecule has 0 bridgehead atoms. The highest BCUT2D eigenvalue weighted by atomic mass is 35.5. The van der Waals surface area contributed by atoms with Gasteiger partial charge in [0.1, 0.15) is 49.1 Å². The summed E-state index contributed by atoms with van der Waals surface area (Å²) in [6, 6.07) is 42.3. The van der Waals surface area contributed by atoms with E-state index in [0.717, 1.165) is 45.1 Å². The van der Waals surface area contributed by atoms with Crippen LogP contribution in [0.4, 0.5) is 0 Å². The summed E-state index contributed by atoms with van der Waals surface area (Å²) in [7, 11) is 4.88. The Morgan fingerprint density at radius 3 is 1.37 bits per heavy atom. The molecule has 0 atom stereocenters. The molecule has 2 amide bonds. The number of aromatic carboxylic acids is 2. The molecule has 7 aromatic rings. The zero-order valence-electron chi connectivity index (χ0n) is 43.2. The highest BCUT2D eigenvalue weighted by Gasteiger charge is 2.32. The number of thiocarbonyl (C=S) groups is 4. The minimum absolute atomic E-state index is 0.0887. The smallest absolute Gasteiger partial charge is 0.335 e. The monoisotopic (exact) mass is 1230 g/mol. The van der Waals surface area contributed by atoms with Gasteiger partial charge in [-0.05, 0) is 126 Å². The molecule has 5 N–H and O–H groups in total. The van der Waals surface area contributed by atoms with Gasteiger partial charge in [0.05, 0.1) is 56.2 Å². The van der Waals surface area contributed by atoms with Crippen LogP contribution in [0.3, 0.4) is 0 Å². The quantitative estimate of drug-likeness (QED) is 0.0322. The number of carbonyl (C=O) groups is 6. The van der Waals surface area contributed by atoms with Crippen molar-refractivity contribution in [3.63, 3.8) is 0 Å². The Balaban J connectivity index is 0.000000239. The van der Waals surface area contributed by atoms with Gasteiger partial charge in [-0.1, -0.05) is 109 Å². The highest BCUT2D eigenvalue weighted by molar-refractivity contribution is 8.26. The Kier molecular flexibility index (Phi) is 27.9. The predicted molar refractivity (Wildman–Crippen MR) is 327 cm³/mol. The summed E-state index contributed by atoms with van der Waals surface area (Å²) in [6.07, 6.45) is 2.29. The Hall–Kier alpha value is -7.83. The fraction of sp³-hybridized carbons (Fsp3) is 0.140. The first-order valence-electron chi connectivity index (χ1n) is 23.3. The van der Waals surface area contributed by atoms with Gasteiger partial charge >= 0.3 is 17.9 Å². The zero-order chi connectivity index (χ0) is 59.4. The standard InChI is InChI=1S/C23H17NO5S2.C12H8O4.C11H11NO2S2.C8H11NO.C2H3ClO2.CS2/c1-28-17-8-2-14(3-9-17)13-24-21(25)20(31-23(24)30)12-18-10-11-19(29-18)15-4-6-16(7-5-15)22(26)27;13-7-10-5-6-11(16-10)8-1-3-9(4-2-8)12(14)15;1-14-9-4-2-8(3-5-9)6-12-10(13)7-16-11(12)15;1-10-8-4-2-7(6-9)3-5-8;3-1-2(4)5;2-1-3/h2-12H,13H2,1H3,(H,26,27);1-7H,(H,14,15);2-5H,6-7H2,1H3;2-5H,6,9H2,1H3;1H2,(H,4,5);/b20-12-;;;;;. The van der Waals surface area contributed by atoms with E-state index in [-0.39, 0.29) is 34.6 Å². The van der Waals surface area contributed by atoms with E-state index in [1.807, 2.05) is 77.1 Å². The molecule has 0 saturated carbocycles. The lowest BCUT2D eigenvalue weighted by Crippen LogP contribution is -2.27. The van der Waals surface area contributed by atoms with Gasteiger partial charge in [-0.15, -0.1) is 11.6 Å². The topological polar surface area (TPSA) is 250 Å². The third-order valence-corrected chi connectivity index (χ3v) is 13.7. The largest absolute Gasteiger partial charge is 0.497 e. The van der Waals surface area contributed by atoms with Crippen LogP contribution >= 0.6 is 84.0 Å². The van der Waals surface area contributed by atoms with Gasteiger partial charge in [0.2, 0.25) is 5.91 Å². The molecule has 420 valence electrons. The molecule has 0 unspecified atom stereocenters. The SMILES string of the molecule is COc1ccc(CN)cc1.COc1ccc(CN2C(=O)/C(=C/c3ccc(-c4ccc(C(=O)O)cc4)o3)SC2=S)cc1.COc1ccc(CN2C(=O)CSC2=S)cc1.O=C(O)CCl.O=Cc1ccc(-c2ccc(C(=O)O)cc2)o1.S=C=S. The van der Waals surface area contributed by atoms with Gasteiger partial charge in [0.25, 0.3) is 5.91 Å². The lowest BCUT2D eigenvalue weighted by molar-refractivity contribution is -0.134. The lowest BCUT2D eigenvalue weighted by atomic mass is 10.1. The van der Waals surface area contributed by atoms with E-state index < -0.39 is 17.9 Å². The number of benzene rings is 5. The van der Waals surface area contributed by atoms with Crippen LogP contribution in [0.1, 0.15) is 53.7 Å². The second kappa shape index (κ2) is 34.3. The first kappa shape index (κ1) is 65.7. The number of furan rings is 2. The highest BCUT2D eigenvalue weighted by Crippen LogP contribution is 2.35. The second-order valence-corrected chi connectivity index (χ2v) is 20.2. The maximum atomic E-state index is 12.9. The second-order valence-electron chi connectivity index (χ2n) is 15.9. The van der Waals surface area contributed by atoms with Crippen LogP contribution in [0.5, 0.6) is 17.2 Å². The Morgan fingerprint density at radius 1 is 0.630 bits per heavy atom. The van der Waals surface area contributed by atoms with E-state index in [0.29, 0.717) is 62.5 Å². The van der Waals surface area contributed by atoms with Crippen molar-refractivity contribution in [1.29, 1.82) is 0 Å². The number of hydrogen-bond donors (Lipinski definition) is 4. The van der Waals surface area contributed by atoms with Crippen LogP contribution in [0.2, 0.25) is 0 Å². The fourth-order valence-corrected chi connectivity index (χ4v) is 8.90.